The number of hydrogen-bond donors (Lipinski definition) is 2. The Labute approximate surface area is 222 Å². The molecule has 9 heteroatoms. The van der Waals surface area contributed by atoms with Crippen LogP contribution in [0, 0.1) is 13.8 Å². The van der Waals surface area contributed by atoms with Crippen LogP contribution < -0.4 is 14.9 Å². The van der Waals surface area contributed by atoms with E-state index < -0.39 is 22.5 Å². The van der Waals surface area contributed by atoms with Crippen molar-refractivity contribution in [3.8, 4) is 0 Å². The van der Waals surface area contributed by atoms with Crippen LogP contribution in [0.1, 0.15) is 27.0 Å². The van der Waals surface area contributed by atoms with Crippen molar-refractivity contribution in [3.05, 3.63) is 120 Å². The molecule has 0 fully saturated rings. The Morgan fingerprint density at radius 1 is 0.868 bits per heavy atom. The molecule has 1 heterocycles. The first-order valence-electron chi connectivity index (χ1n) is 12.0. The Morgan fingerprint density at radius 2 is 1.61 bits per heavy atom. The Hall–Kier alpha value is -4.50. The number of rotatable bonds is 9. The van der Waals surface area contributed by atoms with Gasteiger partial charge in [-0.25, -0.2) is 8.42 Å². The number of nitrogens with zero attached hydrogens (tertiary/aromatic N) is 2. The highest BCUT2D eigenvalue weighted by atomic mass is 32.2. The van der Waals surface area contributed by atoms with Crippen LogP contribution in [0.4, 0.5) is 11.4 Å². The zero-order chi connectivity index (χ0) is 27.1. The van der Waals surface area contributed by atoms with Crippen molar-refractivity contribution >= 4 is 33.2 Å². The molecule has 0 bridgehead atoms. The van der Waals surface area contributed by atoms with Gasteiger partial charge in [0.05, 0.1) is 21.8 Å². The highest BCUT2D eigenvalue weighted by molar-refractivity contribution is 7.92. The summed E-state index contributed by atoms with van der Waals surface area (Å²) >= 11 is 0. The molecule has 0 aliphatic rings. The summed E-state index contributed by atoms with van der Waals surface area (Å²) in [5.41, 5.74) is 3.63. The first kappa shape index (κ1) is 26.6. The minimum atomic E-state index is -4.05. The molecule has 0 aliphatic carbocycles. The summed E-state index contributed by atoms with van der Waals surface area (Å²) in [6.07, 6.45) is 3.30. The van der Waals surface area contributed by atoms with Gasteiger partial charge in [0.2, 0.25) is 5.91 Å². The van der Waals surface area contributed by atoms with E-state index in [9.17, 15) is 18.0 Å². The number of amides is 2. The van der Waals surface area contributed by atoms with E-state index in [2.05, 4.69) is 15.6 Å². The lowest BCUT2D eigenvalue weighted by molar-refractivity contribution is -0.114. The molecule has 0 saturated carbocycles. The van der Waals surface area contributed by atoms with Gasteiger partial charge in [-0.15, -0.1) is 0 Å². The summed E-state index contributed by atoms with van der Waals surface area (Å²) in [6.45, 7) is 3.60. The minimum Gasteiger partial charge on any atom is -0.348 e. The summed E-state index contributed by atoms with van der Waals surface area (Å²) in [5.74, 6) is -0.970. The van der Waals surface area contributed by atoms with Crippen molar-refractivity contribution in [2.24, 2.45) is 0 Å². The Balaban J connectivity index is 1.57. The van der Waals surface area contributed by atoms with Crippen molar-refractivity contribution in [3.63, 3.8) is 0 Å². The van der Waals surface area contributed by atoms with Crippen LogP contribution >= 0.6 is 0 Å². The third kappa shape index (κ3) is 6.24. The predicted molar refractivity (Wildman–Crippen MR) is 147 cm³/mol. The molecule has 194 valence electrons. The number of benzene rings is 3. The molecule has 0 unspecified atom stereocenters. The Bertz CT molecular complexity index is 1540. The summed E-state index contributed by atoms with van der Waals surface area (Å²) in [5, 5.41) is 5.54. The maximum absolute atomic E-state index is 13.6. The van der Waals surface area contributed by atoms with Crippen LogP contribution in [0.3, 0.4) is 0 Å². The number of anilines is 2. The predicted octanol–water partition coefficient (Wildman–Crippen LogP) is 4.46. The molecule has 0 atom stereocenters. The average Bonchev–Trinajstić information content (AvgIpc) is 2.93. The highest BCUT2D eigenvalue weighted by Crippen LogP contribution is 2.26. The zero-order valence-corrected chi connectivity index (χ0v) is 21.9. The molecule has 38 heavy (non-hydrogen) atoms. The molecule has 0 aliphatic heterocycles. The fraction of sp³-hybridized carbons (Fsp3) is 0.138. The number of para-hydroxylation sites is 1. The number of pyridine rings is 1. The Morgan fingerprint density at radius 3 is 2.32 bits per heavy atom. The van der Waals surface area contributed by atoms with E-state index in [4.69, 9.17) is 0 Å². The molecule has 3 aromatic carbocycles. The van der Waals surface area contributed by atoms with E-state index in [-0.39, 0.29) is 28.6 Å². The van der Waals surface area contributed by atoms with Gasteiger partial charge in [-0.2, -0.15) is 0 Å². The number of aromatic nitrogens is 1. The van der Waals surface area contributed by atoms with E-state index in [0.29, 0.717) is 5.69 Å². The lowest BCUT2D eigenvalue weighted by atomic mass is 10.1. The second-order valence-corrected chi connectivity index (χ2v) is 10.6. The van der Waals surface area contributed by atoms with E-state index in [0.717, 1.165) is 21.0 Å². The molecule has 2 N–H and O–H groups in total. The topological polar surface area (TPSA) is 108 Å². The largest absolute Gasteiger partial charge is 0.348 e. The number of carbonyl (C=O) groups is 2. The van der Waals surface area contributed by atoms with Crippen LogP contribution in [-0.4, -0.2) is 31.8 Å². The number of aryl methyl sites for hydroxylation is 2. The summed E-state index contributed by atoms with van der Waals surface area (Å²) in [4.78, 5) is 30.2. The molecule has 0 radical (unpaired) electrons. The van der Waals surface area contributed by atoms with Crippen LogP contribution in [-0.2, 0) is 21.4 Å². The van der Waals surface area contributed by atoms with Crippen molar-refractivity contribution in [2.75, 3.05) is 16.2 Å². The van der Waals surface area contributed by atoms with Gasteiger partial charge in [0.1, 0.15) is 6.54 Å². The molecule has 4 rings (SSSR count). The van der Waals surface area contributed by atoms with Gasteiger partial charge in [0, 0.05) is 18.9 Å². The fourth-order valence-corrected chi connectivity index (χ4v) is 5.24. The second kappa shape index (κ2) is 11.7. The SMILES string of the molecule is Cc1ccc(N(CC(=O)Nc2ccccc2C(=O)NCc2cccnc2)S(=O)(=O)c2ccccc2)cc1C. The molecule has 4 aromatic rings. The van der Waals surface area contributed by atoms with Crippen LogP contribution in [0.5, 0.6) is 0 Å². The van der Waals surface area contributed by atoms with Crippen LogP contribution in [0.2, 0.25) is 0 Å². The van der Waals surface area contributed by atoms with Gasteiger partial charge in [-0.05, 0) is 73.0 Å². The summed E-state index contributed by atoms with van der Waals surface area (Å²) < 4.78 is 28.3. The fourth-order valence-electron chi connectivity index (χ4n) is 3.81. The van der Waals surface area contributed by atoms with Crippen molar-refractivity contribution in [1.82, 2.24) is 10.3 Å². The standard InChI is InChI=1S/C29H28N4O4S/c1-21-14-15-24(17-22(21)2)33(38(36,37)25-10-4-3-5-11-25)20-28(34)32-27-13-7-6-12-26(27)29(35)31-19-23-9-8-16-30-18-23/h3-18H,19-20H2,1-2H3,(H,31,35)(H,32,34). The van der Waals surface area contributed by atoms with Gasteiger partial charge in [-0.1, -0.05) is 42.5 Å². The molecule has 0 spiro atoms. The lowest BCUT2D eigenvalue weighted by Gasteiger charge is -2.25. The molecule has 2 amide bonds. The summed E-state index contributed by atoms with van der Waals surface area (Å²) in [6, 6.07) is 23.4. The smallest absolute Gasteiger partial charge is 0.264 e. The maximum atomic E-state index is 13.6. The van der Waals surface area contributed by atoms with Gasteiger partial charge in [0.25, 0.3) is 15.9 Å². The number of sulfonamides is 1. The zero-order valence-electron chi connectivity index (χ0n) is 21.1. The van der Waals surface area contributed by atoms with Gasteiger partial charge < -0.3 is 10.6 Å². The van der Waals surface area contributed by atoms with E-state index in [1.807, 2.05) is 26.0 Å². The van der Waals surface area contributed by atoms with Crippen LogP contribution in [0.25, 0.3) is 0 Å². The second-order valence-electron chi connectivity index (χ2n) is 8.73. The molecule has 0 saturated heterocycles. The third-order valence-corrected chi connectivity index (χ3v) is 7.81. The Kier molecular flexibility index (Phi) is 8.18. The molecular weight excluding hydrogens is 500 g/mol. The van der Waals surface area contributed by atoms with Crippen molar-refractivity contribution in [1.29, 1.82) is 0 Å². The number of nitrogens with one attached hydrogen (secondary N) is 2. The third-order valence-electron chi connectivity index (χ3n) is 6.02. The lowest BCUT2D eigenvalue weighted by Crippen LogP contribution is -2.38. The molecule has 1 aromatic heterocycles. The van der Waals surface area contributed by atoms with Crippen molar-refractivity contribution < 1.29 is 18.0 Å². The molecule has 8 nitrogen and oxygen atoms in total. The maximum Gasteiger partial charge on any atom is 0.264 e. The number of hydrogen-bond acceptors (Lipinski definition) is 5. The quantitative estimate of drug-likeness (QED) is 0.333. The normalized spacial score (nSPS) is 11.0. The summed E-state index contributed by atoms with van der Waals surface area (Å²) in [7, 11) is -4.05. The van der Waals surface area contributed by atoms with Gasteiger partial charge in [-0.3, -0.25) is 18.9 Å². The number of carbonyl (C=O) groups excluding carboxylic acids is 2. The molecular formula is C29H28N4O4S. The highest BCUT2D eigenvalue weighted by Gasteiger charge is 2.28. The minimum absolute atomic E-state index is 0.0706. The first-order valence-corrected chi connectivity index (χ1v) is 13.4. The first-order chi connectivity index (χ1) is 18.3. The van der Waals surface area contributed by atoms with Gasteiger partial charge >= 0.3 is 0 Å². The van der Waals surface area contributed by atoms with Crippen molar-refractivity contribution in [2.45, 2.75) is 25.3 Å². The van der Waals surface area contributed by atoms with E-state index in [1.54, 1.807) is 73.1 Å². The van der Waals surface area contributed by atoms with Crippen LogP contribution in [0.15, 0.2) is 102 Å². The van der Waals surface area contributed by atoms with Gasteiger partial charge in [0.15, 0.2) is 0 Å². The monoisotopic (exact) mass is 528 g/mol. The van der Waals surface area contributed by atoms with E-state index >= 15 is 0 Å². The average molecular weight is 529 g/mol. The van der Waals surface area contributed by atoms with E-state index in [1.165, 1.54) is 12.1 Å².